The second-order valence-electron chi connectivity index (χ2n) is 4.71. The van der Waals surface area contributed by atoms with Crippen LogP contribution in [0.25, 0.3) is 0 Å². The quantitative estimate of drug-likeness (QED) is 0.901. The van der Waals surface area contributed by atoms with Gasteiger partial charge in [-0.25, -0.2) is 0 Å². The van der Waals surface area contributed by atoms with Crippen LogP contribution in [0.1, 0.15) is 17.0 Å². The maximum atomic E-state index is 12.4. The molecule has 0 aliphatic rings. The molecule has 2 rings (SSSR count). The first-order valence-electron chi connectivity index (χ1n) is 6.43. The van der Waals surface area contributed by atoms with Gasteiger partial charge in [0.2, 0.25) is 5.91 Å². The fourth-order valence-corrected chi connectivity index (χ4v) is 2.73. The number of nitrogens with one attached hydrogen (secondary N) is 1. The third-order valence-electron chi connectivity index (χ3n) is 3.06. The van der Waals surface area contributed by atoms with Crippen molar-refractivity contribution in [2.45, 2.75) is 12.8 Å². The highest BCUT2D eigenvalue weighted by molar-refractivity contribution is 9.10. The zero-order valence-electron chi connectivity index (χ0n) is 11.3. The van der Waals surface area contributed by atoms with Crippen molar-refractivity contribution in [3.63, 3.8) is 0 Å². The largest absolute Gasteiger partial charge is 0.329 e. The van der Waals surface area contributed by atoms with Gasteiger partial charge in [0.05, 0.1) is 5.92 Å². The third-order valence-corrected chi connectivity index (χ3v) is 3.52. The lowest BCUT2D eigenvalue weighted by molar-refractivity contribution is -0.117. The number of hydrogen-bond acceptors (Lipinski definition) is 2. The average Bonchev–Trinajstić information content (AvgIpc) is 2.39. The number of halogens is 1. The summed E-state index contributed by atoms with van der Waals surface area (Å²) in [7, 11) is 0. The summed E-state index contributed by atoms with van der Waals surface area (Å²) in [6, 6.07) is 15.4. The van der Waals surface area contributed by atoms with Gasteiger partial charge in [0.1, 0.15) is 0 Å². The van der Waals surface area contributed by atoms with Crippen LogP contribution in [-0.2, 0) is 4.79 Å². The monoisotopic (exact) mass is 332 g/mol. The standard InChI is InChI=1S/C16H17BrN2O/c1-11-7-13(17)9-14(8-11)19-16(20)15(10-18)12-5-3-2-4-6-12/h2-9,15H,10,18H2,1H3,(H,19,20). The zero-order valence-corrected chi connectivity index (χ0v) is 12.9. The Labute approximate surface area is 127 Å². The van der Waals surface area contributed by atoms with E-state index in [-0.39, 0.29) is 18.4 Å². The highest BCUT2D eigenvalue weighted by atomic mass is 79.9. The van der Waals surface area contributed by atoms with E-state index >= 15 is 0 Å². The van der Waals surface area contributed by atoms with E-state index in [1.807, 2.05) is 55.5 Å². The molecule has 3 N–H and O–H groups in total. The van der Waals surface area contributed by atoms with Crippen molar-refractivity contribution < 1.29 is 4.79 Å². The fraction of sp³-hybridized carbons (Fsp3) is 0.188. The minimum absolute atomic E-state index is 0.0869. The molecule has 0 bridgehead atoms. The molecule has 0 aliphatic carbocycles. The number of rotatable bonds is 4. The number of aryl methyl sites for hydroxylation is 1. The van der Waals surface area contributed by atoms with E-state index in [1.165, 1.54) is 0 Å². The van der Waals surface area contributed by atoms with Crippen molar-refractivity contribution in [3.8, 4) is 0 Å². The van der Waals surface area contributed by atoms with E-state index in [2.05, 4.69) is 21.2 Å². The van der Waals surface area contributed by atoms with Crippen LogP contribution in [0.3, 0.4) is 0 Å². The average molecular weight is 333 g/mol. The highest BCUT2D eigenvalue weighted by Crippen LogP contribution is 2.21. The molecule has 1 amide bonds. The Balaban J connectivity index is 2.18. The molecule has 0 saturated heterocycles. The predicted octanol–water partition coefficient (Wildman–Crippen LogP) is 3.44. The smallest absolute Gasteiger partial charge is 0.233 e. The molecule has 0 aromatic heterocycles. The molecule has 1 unspecified atom stereocenters. The third kappa shape index (κ3) is 3.68. The van der Waals surface area contributed by atoms with Gasteiger partial charge in [-0.15, -0.1) is 0 Å². The van der Waals surface area contributed by atoms with Gasteiger partial charge in [-0.3, -0.25) is 4.79 Å². The van der Waals surface area contributed by atoms with E-state index in [0.29, 0.717) is 0 Å². The highest BCUT2D eigenvalue weighted by Gasteiger charge is 2.18. The van der Waals surface area contributed by atoms with Crippen molar-refractivity contribution in [2.75, 3.05) is 11.9 Å². The van der Waals surface area contributed by atoms with Gasteiger partial charge in [-0.1, -0.05) is 46.3 Å². The molecular formula is C16H17BrN2O. The summed E-state index contributed by atoms with van der Waals surface area (Å²) in [5.41, 5.74) is 8.54. The molecule has 1 atom stereocenters. The van der Waals surface area contributed by atoms with Crippen LogP contribution in [0, 0.1) is 6.92 Å². The van der Waals surface area contributed by atoms with Crippen LogP contribution in [-0.4, -0.2) is 12.5 Å². The van der Waals surface area contributed by atoms with Crippen LogP contribution in [0.4, 0.5) is 5.69 Å². The van der Waals surface area contributed by atoms with Gasteiger partial charge < -0.3 is 11.1 Å². The van der Waals surface area contributed by atoms with Crippen LogP contribution in [0.5, 0.6) is 0 Å². The van der Waals surface area contributed by atoms with Crippen molar-refractivity contribution >= 4 is 27.5 Å². The number of hydrogen-bond donors (Lipinski definition) is 2. The second-order valence-corrected chi connectivity index (χ2v) is 5.62. The minimum atomic E-state index is -0.338. The van der Waals surface area contributed by atoms with E-state index in [1.54, 1.807) is 0 Å². The van der Waals surface area contributed by atoms with Gasteiger partial charge >= 0.3 is 0 Å². The Morgan fingerprint density at radius 1 is 1.25 bits per heavy atom. The van der Waals surface area contributed by atoms with Crippen LogP contribution in [0.2, 0.25) is 0 Å². The molecule has 0 aliphatic heterocycles. The van der Waals surface area contributed by atoms with Gasteiger partial charge in [-0.05, 0) is 36.2 Å². The Bertz CT molecular complexity index is 578. The van der Waals surface area contributed by atoms with E-state index in [0.717, 1.165) is 21.3 Å². The first-order chi connectivity index (χ1) is 9.60. The van der Waals surface area contributed by atoms with Crippen molar-refractivity contribution in [1.82, 2.24) is 0 Å². The molecule has 3 nitrogen and oxygen atoms in total. The van der Waals surface area contributed by atoms with Crippen molar-refractivity contribution in [2.24, 2.45) is 5.73 Å². The lowest BCUT2D eigenvalue weighted by atomic mass is 9.98. The topological polar surface area (TPSA) is 55.1 Å². The summed E-state index contributed by atoms with van der Waals surface area (Å²) < 4.78 is 0.941. The molecule has 2 aromatic carbocycles. The molecular weight excluding hydrogens is 316 g/mol. The van der Waals surface area contributed by atoms with Gasteiger partial charge in [0.15, 0.2) is 0 Å². The van der Waals surface area contributed by atoms with Gasteiger partial charge in [0.25, 0.3) is 0 Å². The number of carbonyl (C=O) groups is 1. The predicted molar refractivity (Wildman–Crippen MR) is 85.7 cm³/mol. The van der Waals surface area contributed by atoms with Crippen LogP contribution in [0.15, 0.2) is 53.0 Å². The number of nitrogens with two attached hydrogens (primary N) is 1. The minimum Gasteiger partial charge on any atom is -0.329 e. The fourth-order valence-electron chi connectivity index (χ4n) is 2.12. The molecule has 0 saturated carbocycles. The molecule has 104 valence electrons. The van der Waals surface area contributed by atoms with Gasteiger partial charge in [-0.2, -0.15) is 0 Å². The second kappa shape index (κ2) is 6.68. The molecule has 2 aromatic rings. The number of carbonyl (C=O) groups excluding carboxylic acids is 1. The van der Waals surface area contributed by atoms with Crippen LogP contribution < -0.4 is 11.1 Å². The van der Waals surface area contributed by atoms with Crippen molar-refractivity contribution in [1.29, 1.82) is 0 Å². The molecule has 4 heteroatoms. The first kappa shape index (κ1) is 14.8. The Kier molecular flexibility index (Phi) is 4.93. The number of anilines is 1. The lowest BCUT2D eigenvalue weighted by Crippen LogP contribution is -2.27. The maximum absolute atomic E-state index is 12.4. The Morgan fingerprint density at radius 2 is 1.95 bits per heavy atom. The molecule has 0 fully saturated rings. The molecule has 0 radical (unpaired) electrons. The SMILES string of the molecule is Cc1cc(Br)cc(NC(=O)C(CN)c2ccccc2)c1. The number of amides is 1. The normalized spacial score (nSPS) is 11.9. The molecule has 0 spiro atoms. The zero-order chi connectivity index (χ0) is 14.5. The first-order valence-corrected chi connectivity index (χ1v) is 7.22. The molecule has 0 heterocycles. The van der Waals surface area contributed by atoms with Crippen molar-refractivity contribution in [3.05, 3.63) is 64.1 Å². The van der Waals surface area contributed by atoms with E-state index in [9.17, 15) is 4.79 Å². The summed E-state index contributed by atoms with van der Waals surface area (Å²) in [4.78, 5) is 12.4. The lowest BCUT2D eigenvalue weighted by Gasteiger charge is -2.15. The summed E-state index contributed by atoms with van der Waals surface area (Å²) in [6.07, 6.45) is 0. The summed E-state index contributed by atoms with van der Waals surface area (Å²) >= 11 is 3.43. The van der Waals surface area contributed by atoms with E-state index < -0.39 is 0 Å². The molecule has 20 heavy (non-hydrogen) atoms. The Morgan fingerprint density at radius 3 is 2.55 bits per heavy atom. The van der Waals surface area contributed by atoms with E-state index in [4.69, 9.17) is 5.73 Å². The summed E-state index contributed by atoms with van der Waals surface area (Å²) in [5, 5.41) is 2.92. The van der Waals surface area contributed by atoms with Gasteiger partial charge in [0, 0.05) is 16.7 Å². The summed E-state index contributed by atoms with van der Waals surface area (Å²) in [6.45, 7) is 2.26. The Hall–Kier alpha value is -1.65. The summed E-state index contributed by atoms with van der Waals surface area (Å²) in [5.74, 6) is -0.424. The number of benzene rings is 2. The van der Waals surface area contributed by atoms with Crippen LogP contribution >= 0.6 is 15.9 Å². The maximum Gasteiger partial charge on any atom is 0.233 e.